The van der Waals surface area contributed by atoms with Crippen molar-refractivity contribution >= 4 is 34.4 Å². The van der Waals surface area contributed by atoms with Gasteiger partial charge < -0.3 is 15.0 Å². The molecule has 0 unspecified atom stereocenters. The van der Waals surface area contributed by atoms with Crippen LogP contribution in [0.15, 0.2) is 29.4 Å². The van der Waals surface area contributed by atoms with E-state index in [4.69, 9.17) is 17.0 Å². The molecule has 2 rings (SSSR count). The van der Waals surface area contributed by atoms with Crippen molar-refractivity contribution in [3.05, 3.63) is 35.5 Å². The monoisotopic (exact) mass is 290 g/mol. The van der Waals surface area contributed by atoms with Crippen LogP contribution in [0.4, 0.5) is 0 Å². The molecule has 1 aromatic carbocycles. The highest BCUT2D eigenvalue weighted by atomic mass is 32.1. The summed E-state index contributed by atoms with van der Waals surface area (Å²) in [4.78, 5) is 3.32. The van der Waals surface area contributed by atoms with E-state index < -0.39 is 0 Å². The molecule has 0 radical (unpaired) electrons. The quantitative estimate of drug-likeness (QED) is 0.341. The minimum Gasteiger partial charge on any atom is -0.383 e. The predicted molar refractivity (Wildman–Crippen MR) is 86.2 cm³/mol. The van der Waals surface area contributed by atoms with Gasteiger partial charge in [-0.1, -0.05) is 18.2 Å². The number of H-pyrrole nitrogens is 1. The molecule has 3 N–H and O–H groups in total. The predicted octanol–water partition coefficient (Wildman–Crippen LogP) is 1.92. The van der Waals surface area contributed by atoms with Gasteiger partial charge in [0.2, 0.25) is 0 Å². The fourth-order valence-corrected chi connectivity index (χ4v) is 2.08. The van der Waals surface area contributed by atoms with Crippen LogP contribution in [0.3, 0.4) is 0 Å². The van der Waals surface area contributed by atoms with E-state index in [9.17, 15) is 0 Å². The number of hydrogen-bond donors (Lipinski definition) is 3. The molecular formula is C14H18N4OS. The molecule has 1 aromatic heterocycles. The second kappa shape index (κ2) is 7.02. The van der Waals surface area contributed by atoms with E-state index in [0.717, 1.165) is 22.2 Å². The van der Waals surface area contributed by atoms with Gasteiger partial charge in [-0.15, -0.1) is 0 Å². The first-order valence-corrected chi connectivity index (χ1v) is 6.76. The van der Waals surface area contributed by atoms with Crippen molar-refractivity contribution in [3.63, 3.8) is 0 Å². The molecule has 0 aliphatic heterocycles. The molecule has 0 saturated carbocycles. The van der Waals surface area contributed by atoms with Gasteiger partial charge >= 0.3 is 0 Å². The minimum absolute atomic E-state index is 0.482. The van der Waals surface area contributed by atoms with Crippen LogP contribution in [-0.4, -0.2) is 36.6 Å². The summed E-state index contributed by atoms with van der Waals surface area (Å²) in [5.74, 6) is 0. The highest BCUT2D eigenvalue weighted by Crippen LogP contribution is 2.19. The smallest absolute Gasteiger partial charge is 0.187 e. The van der Waals surface area contributed by atoms with Crippen LogP contribution in [0.25, 0.3) is 10.9 Å². The largest absolute Gasteiger partial charge is 0.383 e. The van der Waals surface area contributed by atoms with Gasteiger partial charge in [-0.3, -0.25) is 5.43 Å². The van der Waals surface area contributed by atoms with Crippen LogP contribution >= 0.6 is 12.2 Å². The molecule has 0 saturated heterocycles. The molecule has 0 spiro atoms. The standard InChI is InChI=1S/C14H18N4OS/c1-10-12(11-5-3-4-6-13(11)17-10)9-16-18-14(20)15-7-8-19-2/h3-6,9,17H,7-8H2,1-2H3,(H2,15,18,20)/b16-9+. The Morgan fingerprint density at radius 2 is 2.25 bits per heavy atom. The van der Waals surface area contributed by atoms with E-state index in [1.54, 1.807) is 13.3 Å². The van der Waals surface area contributed by atoms with E-state index in [1.807, 2.05) is 25.1 Å². The van der Waals surface area contributed by atoms with Gasteiger partial charge in [-0.05, 0) is 25.2 Å². The lowest BCUT2D eigenvalue weighted by Crippen LogP contribution is -2.34. The van der Waals surface area contributed by atoms with Gasteiger partial charge in [0, 0.05) is 35.8 Å². The maximum atomic E-state index is 5.09. The fourth-order valence-electron chi connectivity index (χ4n) is 1.93. The number of hydrogen-bond acceptors (Lipinski definition) is 3. The Morgan fingerprint density at radius 1 is 1.45 bits per heavy atom. The Balaban J connectivity index is 1.99. The summed E-state index contributed by atoms with van der Waals surface area (Å²) in [6, 6.07) is 8.13. The molecule has 6 heteroatoms. The van der Waals surface area contributed by atoms with Crippen molar-refractivity contribution in [3.8, 4) is 0 Å². The van der Waals surface area contributed by atoms with Gasteiger partial charge in [0.15, 0.2) is 5.11 Å². The van der Waals surface area contributed by atoms with E-state index in [-0.39, 0.29) is 0 Å². The highest BCUT2D eigenvalue weighted by molar-refractivity contribution is 7.80. The number of aromatic amines is 1. The number of ether oxygens (including phenoxy) is 1. The molecule has 0 fully saturated rings. The minimum atomic E-state index is 0.482. The van der Waals surface area contributed by atoms with Crippen molar-refractivity contribution in [1.82, 2.24) is 15.7 Å². The van der Waals surface area contributed by atoms with Gasteiger partial charge in [0.25, 0.3) is 0 Å². The molecule has 0 amide bonds. The third-order valence-corrected chi connectivity index (χ3v) is 3.13. The van der Waals surface area contributed by atoms with E-state index in [2.05, 4.69) is 26.9 Å². The first-order chi connectivity index (χ1) is 9.72. The number of nitrogens with zero attached hydrogens (tertiary/aromatic N) is 1. The maximum Gasteiger partial charge on any atom is 0.187 e. The number of aromatic nitrogens is 1. The zero-order valence-corrected chi connectivity index (χ0v) is 12.4. The Morgan fingerprint density at radius 3 is 3.05 bits per heavy atom. The number of nitrogens with one attached hydrogen (secondary N) is 3. The average Bonchev–Trinajstić information content (AvgIpc) is 2.75. The molecule has 0 aliphatic carbocycles. The van der Waals surface area contributed by atoms with E-state index >= 15 is 0 Å². The van der Waals surface area contributed by atoms with Crippen LogP contribution in [-0.2, 0) is 4.74 Å². The zero-order valence-electron chi connectivity index (χ0n) is 11.6. The van der Waals surface area contributed by atoms with Gasteiger partial charge in [0.05, 0.1) is 12.8 Å². The maximum absolute atomic E-state index is 5.09. The van der Waals surface area contributed by atoms with Gasteiger partial charge in [-0.25, -0.2) is 0 Å². The Bertz CT molecular complexity index is 621. The third kappa shape index (κ3) is 3.55. The second-order valence-electron chi connectivity index (χ2n) is 4.33. The number of fused-ring (bicyclic) bond motifs is 1. The van der Waals surface area contributed by atoms with Crippen LogP contribution < -0.4 is 10.7 Å². The molecule has 106 valence electrons. The van der Waals surface area contributed by atoms with Crippen LogP contribution in [0.2, 0.25) is 0 Å². The summed E-state index contributed by atoms with van der Waals surface area (Å²) in [7, 11) is 1.65. The summed E-state index contributed by atoms with van der Waals surface area (Å²) < 4.78 is 4.93. The molecule has 1 heterocycles. The Labute approximate surface area is 123 Å². The number of para-hydroxylation sites is 1. The van der Waals surface area contributed by atoms with Crippen molar-refractivity contribution in [2.75, 3.05) is 20.3 Å². The molecular weight excluding hydrogens is 272 g/mol. The Hall–Kier alpha value is -1.92. The third-order valence-electron chi connectivity index (χ3n) is 2.89. The SMILES string of the molecule is COCCNC(=S)N/N=C/c1c(C)[nH]c2ccccc12. The number of aryl methyl sites for hydroxylation is 1. The average molecular weight is 290 g/mol. The zero-order chi connectivity index (χ0) is 14.4. The van der Waals surface area contributed by atoms with Crippen molar-refractivity contribution in [2.45, 2.75) is 6.92 Å². The van der Waals surface area contributed by atoms with Crippen molar-refractivity contribution in [2.24, 2.45) is 5.10 Å². The molecule has 2 aromatic rings. The first-order valence-electron chi connectivity index (χ1n) is 6.35. The lowest BCUT2D eigenvalue weighted by atomic mass is 10.1. The summed E-state index contributed by atoms with van der Waals surface area (Å²) >= 11 is 5.09. The van der Waals surface area contributed by atoms with Crippen LogP contribution in [0.5, 0.6) is 0 Å². The molecule has 0 bridgehead atoms. The number of rotatable bonds is 5. The molecule has 20 heavy (non-hydrogen) atoms. The number of benzene rings is 1. The Kier molecular flexibility index (Phi) is 5.09. The van der Waals surface area contributed by atoms with Crippen LogP contribution in [0.1, 0.15) is 11.3 Å². The summed E-state index contributed by atoms with van der Waals surface area (Å²) in [5.41, 5.74) is 6.04. The lowest BCUT2D eigenvalue weighted by molar-refractivity contribution is 0.204. The van der Waals surface area contributed by atoms with E-state index in [1.165, 1.54) is 0 Å². The van der Waals surface area contributed by atoms with Gasteiger partial charge in [-0.2, -0.15) is 5.10 Å². The lowest BCUT2D eigenvalue weighted by Gasteiger charge is -2.05. The summed E-state index contributed by atoms with van der Waals surface area (Å²) in [6.07, 6.45) is 1.78. The normalized spacial score (nSPS) is 11.1. The second-order valence-corrected chi connectivity index (χ2v) is 4.74. The topological polar surface area (TPSA) is 61.4 Å². The van der Waals surface area contributed by atoms with Crippen molar-refractivity contribution < 1.29 is 4.74 Å². The summed E-state index contributed by atoms with van der Waals surface area (Å²) in [5, 5.41) is 8.78. The molecule has 5 nitrogen and oxygen atoms in total. The highest BCUT2D eigenvalue weighted by Gasteiger charge is 2.04. The van der Waals surface area contributed by atoms with Crippen molar-refractivity contribution in [1.29, 1.82) is 0 Å². The van der Waals surface area contributed by atoms with Crippen LogP contribution in [0, 0.1) is 6.92 Å². The number of hydrazone groups is 1. The molecule has 0 atom stereocenters. The fraction of sp³-hybridized carbons (Fsp3) is 0.286. The summed E-state index contributed by atoms with van der Waals surface area (Å²) in [6.45, 7) is 3.29. The first kappa shape index (κ1) is 14.5. The van der Waals surface area contributed by atoms with E-state index in [0.29, 0.717) is 18.3 Å². The van der Waals surface area contributed by atoms with Gasteiger partial charge in [0.1, 0.15) is 0 Å². The number of thiocarbonyl (C=S) groups is 1. The number of methoxy groups -OCH3 is 1. The molecule has 0 aliphatic rings.